The van der Waals surface area contributed by atoms with Gasteiger partial charge in [-0.1, -0.05) is 13.8 Å². The Morgan fingerprint density at radius 2 is 2.00 bits per heavy atom. The summed E-state index contributed by atoms with van der Waals surface area (Å²) in [6.45, 7) is 6.03. The summed E-state index contributed by atoms with van der Waals surface area (Å²) in [6.07, 6.45) is -2.47. The van der Waals surface area contributed by atoms with Crippen molar-refractivity contribution in [2.75, 3.05) is 27.1 Å². The van der Waals surface area contributed by atoms with Crippen LogP contribution in [0, 0.1) is 5.41 Å². The van der Waals surface area contributed by atoms with Crippen molar-refractivity contribution in [3.05, 3.63) is 0 Å². The summed E-state index contributed by atoms with van der Waals surface area (Å²) in [4.78, 5) is 45.1. The summed E-state index contributed by atoms with van der Waals surface area (Å²) < 4.78 is 29.5. The van der Waals surface area contributed by atoms with Gasteiger partial charge in [0, 0.05) is 12.0 Å². The molecular weight excluding hydrogens is 385 g/mol. The van der Waals surface area contributed by atoms with Gasteiger partial charge in [0.05, 0.1) is 19.6 Å². The maximum absolute atomic E-state index is 12.4. The molecule has 2 atom stereocenters. The Kier molecular flexibility index (Phi) is 8.83. The highest BCUT2D eigenvalue weighted by Crippen LogP contribution is 2.63. The third-order valence-electron chi connectivity index (χ3n) is 3.37. The first-order valence-corrected chi connectivity index (χ1v) is 9.76. The molecule has 11 nitrogen and oxygen atoms in total. The van der Waals surface area contributed by atoms with E-state index in [9.17, 15) is 19.3 Å². The average Bonchev–Trinajstić information content (AvgIpc) is 2.56. The molecule has 0 aromatic heterocycles. The van der Waals surface area contributed by atoms with Crippen molar-refractivity contribution in [3.63, 3.8) is 0 Å². The van der Waals surface area contributed by atoms with E-state index < -0.39 is 44.5 Å². The molecule has 156 valence electrons. The quantitative estimate of drug-likeness (QED) is 0.341. The number of esters is 1. The van der Waals surface area contributed by atoms with Gasteiger partial charge < -0.3 is 19.5 Å². The molecule has 12 heteroatoms. The number of nitrogens with one attached hydrogen (secondary N) is 1. The molecule has 0 spiro atoms. The van der Waals surface area contributed by atoms with E-state index in [2.05, 4.69) is 14.8 Å². The third kappa shape index (κ3) is 7.94. The Morgan fingerprint density at radius 1 is 1.33 bits per heavy atom. The first-order chi connectivity index (χ1) is 12.5. The normalized spacial score (nSPS) is 24.2. The van der Waals surface area contributed by atoms with Crippen LogP contribution in [0.15, 0.2) is 0 Å². The largest absolute Gasteiger partial charge is 0.576 e. The second kappa shape index (κ2) is 10.1. The van der Waals surface area contributed by atoms with Gasteiger partial charge in [-0.3, -0.25) is 9.59 Å². The summed E-state index contributed by atoms with van der Waals surface area (Å²) in [5, 5.41) is 2.53. The molecule has 27 heavy (non-hydrogen) atoms. The number of hydrogen-bond donors (Lipinski definition) is 2. The number of rotatable bonds is 8. The standard InChI is InChI=1S/C15H26NO10P/c1-10(2)25-14(19)22-9-24-27(20)23-8-15(3,4)12(26-27)13(18)16-7-6-11(17)21-5/h10,12,20H,6-9H2,1-5H3/p+1/t12-,27?/m0/s1. The topological polar surface area (TPSA) is 139 Å². The summed E-state index contributed by atoms with van der Waals surface area (Å²) in [5.41, 5.74) is -0.775. The minimum atomic E-state index is -3.89. The monoisotopic (exact) mass is 412 g/mol. The summed E-state index contributed by atoms with van der Waals surface area (Å²) >= 11 is 0. The van der Waals surface area contributed by atoms with Gasteiger partial charge in [0.25, 0.3) is 5.91 Å². The summed E-state index contributed by atoms with van der Waals surface area (Å²) in [6, 6.07) is 0. The van der Waals surface area contributed by atoms with Crippen molar-refractivity contribution < 1.29 is 47.1 Å². The van der Waals surface area contributed by atoms with Crippen LogP contribution in [-0.4, -0.2) is 62.2 Å². The first kappa shape index (κ1) is 23.5. The number of methoxy groups -OCH3 is 1. The molecular formula is C15H27NO10P+. The molecule has 1 unspecified atom stereocenters. The summed E-state index contributed by atoms with van der Waals surface area (Å²) in [7, 11) is -2.64. The van der Waals surface area contributed by atoms with Crippen LogP contribution in [0.4, 0.5) is 4.79 Å². The van der Waals surface area contributed by atoms with E-state index in [0.29, 0.717) is 0 Å². The Balaban J connectivity index is 2.58. The lowest BCUT2D eigenvalue weighted by atomic mass is 9.87. The molecule has 0 bridgehead atoms. The molecule has 1 aliphatic rings. The molecule has 0 saturated carbocycles. The van der Waals surface area contributed by atoms with Gasteiger partial charge in [0.1, 0.15) is 6.61 Å². The Labute approximate surface area is 158 Å². The van der Waals surface area contributed by atoms with Crippen LogP contribution >= 0.6 is 8.17 Å². The van der Waals surface area contributed by atoms with Crippen LogP contribution in [0.25, 0.3) is 0 Å². The lowest BCUT2D eigenvalue weighted by Crippen LogP contribution is -2.50. The number of carbonyl (C=O) groups is 3. The van der Waals surface area contributed by atoms with E-state index in [1.807, 2.05) is 0 Å². The highest BCUT2D eigenvalue weighted by Gasteiger charge is 2.59. The van der Waals surface area contributed by atoms with Crippen molar-refractivity contribution in [2.45, 2.75) is 46.3 Å². The van der Waals surface area contributed by atoms with Crippen LogP contribution in [0.2, 0.25) is 0 Å². The maximum Gasteiger partial charge on any atom is 0.576 e. The van der Waals surface area contributed by atoms with Crippen molar-refractivity contribution in [3.8, 4) is 0 Å². The molecule has 1 amide bonds. The number of hydrogen-bond acceptors (Lipinski definition) is 10. The average molecular weight is 412 g/mol. The van der Waals surface area contributed by atoms with Gasteiger partial charge in [0.15, 0.2) is 6.10 Å². The van der Waals surface area contributed by atoms with Crippen LogP contribution in [0.5, 0.6) is 0 Å². The van der Waals surface area contributed by atoms with Gasteiger partial charge in [0.2, 0.25) is 6.79 Å². The van der Waals surface area contributed by atoms with E-state index in [1.165, 1.54) is 7.11 Å². The minimum absolute atomic E-state index is 0.00635. The molecule has 0 aromatic rings. The predicted octanol–water partition coefficient (Wildman–Crippen LogP) is 1.31. The number of ether oxygens (including phenoxy) is 3. The molecule has 1 saturated heterocycles. The van der Waals surface area contributed by atoms with E-state index in [4.69, 9.17) is 18.3 Å². The van der Waals surface area contributed by atoms with Crippen molar-refractivity contribution in [2.24, 2.45) is 5.41 Å². The van der Waals surface area contributed by atoms with Gasteiger partial charge in [-0.2, -0.15) is 9.42 Å². The second-order valence-corrected chi connectivity index (χ2v) is 8.31. The zero-order valence-corrected chi connectivity index (χ0v) is 16.9. The maximum atomic E-state index is 12.4. The van der Waals surface area contributed by atoms with E-state index in [1.54, 1.807) is 27.7 Å². The van der Waals surface area contributed by atoms with E-state index in [-0.39, 0.29) is 25.7 Å². The zero-order chi connectivity index (χ0) is 20.7. The van der Waals surface area contributed by atoms with Gasteiger partial charge in [-0.05, 0) is 13.8 Å². The van der Waals surface area contributed by atoms with Crippen molar-refractivity contribution in [1.29, 1.82) is 0 Å². The highest BCUT2D eigenvalue weighted by atomic mass is 31.2. The lowest BCUT2D eigenvalue weighted by molar-refractivity contribution is -0.147. The molecule has 1 rings (SSSR count). The first-order valence-electron chi connectivity index (χ1n) is 8.26. The fraction of sp³-hybridized carbons (Fsp3) is 0.800. The number of amides is 1. The Morgan fingerprint density at radius 3 is 2.59 bits per heavy atom. The third-order valence-corrected chi connectivity index (χ3v) is 4.73. The van der Waals surface area contributed by atoms with E-state index >= 15 is 0 Å². The van der Waals surface area contributed by atoms with Crippen molar-refractivity contribution >= 4 is 26.2 Å². The summed E-state index contributed by atoms with van der Waals surface area (Å²) in [5.74, 6) is -1.02. The minimum Gasteiger partial charge on any atom is -0.469 e. The van der Waals surface area contributed by atoms with Crippen LogP contribution in [0.1, 0.15) is 34.1 Å². The van der Waals surface area contributed by atoms with Crippen LogP contribution < -0.4 is 5.32 Å². The molecule has 0 radical (unpaired) electrons. The molecule has 1 aliphatic heterocycles. The predicted molar refractivity (Wildman–Crippen MR) is 92.0 cm³/mol. The van der Waals surface area contributed by atoms with Crippen LogP contribution in [-0.2, 0) is 37.4 Å². The molecule has 0 aromatic carbocycles. The molecule has 2 N–H and O–H groups in total. The smallest absolute Gasteiger partial charge is 0.469 e. The fourth-order valence-corrected chi connectivity index (χ4v) is 3.48. The SMILES string of the molecule is COC(=O)CCNC(=O)[C@@H]1O[P+](O)(OCOC(=O)OC(C)C)OCC1(C)C. The van der Waals surface area contributed by atoms with E-state index in [0.717, 1.165) is 0 Å². The van der Waals surface area contributed by atoms with Crippen LogP contribution in [0.3, 0.4) is 0 Å². The lowest BCUT2D eigenvalue weighted by Gasteiger charge is -2.36. The second-order valence-electron chi connectivity index (χ2n) is 6.64. The number of carbonyl (C=O) groups excluding carboxylic acids is 3. The van der Waals surface area contributed by atoms with Gasteiger partial charge in [-0.25, -0.2) is 4.79 Å². The zero-order valence-electron chi connectivity index (χ0n) is 16.1. The van der Waals surface area contributed by atoms with Gasteiger partial charge in [-0.15, -0.1) is 9.05 Å². The van der Waals surface area contributed by atoms with Gasteiger partial charge >= 0.3 is 20.3 Å². The fourth-order valence-electron chi connectivity index (χ4n) is 1.95. The Bertz CT molecular complexity index is 541. The Hall–Kier alpha value is -1.52. The highest BCUT2D eigenvalue weighted by molar-refractivity contribution is 7.55. The van der Waals surface area contributed by atoms with Crippen molar-refractivity contribution in [1.82, 2.24) is 5.32 Å². The molecule has 1 heterocycles. The molecule has 0 aliphatic carbocycles. The molecule has 1 fully saturated rings.